The molecule has 5 heteroatoms. The molecule has 3 nitrogen and oxygen atoms in total. The van der Waals surface area contributed by atoms with Crippen molar-refractivity contribution in [2.45, 2.75) is 10.9 Å². The van der Waals surface area contributed by atoms with Crippen molar-refractivity contribution in [1.29, 1.82) is 0 Å². The summed E-state index contributed by atoms with van der Waals surface area (Å²) in [4.78, 5) is 7.78. The number of hydrogen-bond donors (Lipinski definition) is 1. The van der Waals surface area contributed by atoms with Crippen molar-refractivity contribution in [2.24, 2.45) is 10.7 Å². The summed E-state index contributed by atoms with van der Waals surface area (Å²) < 4.78 is 1.04. The molecule has 3 rings (SSSR count). The predicted molar refractivity (Wildman–Crippen MR) is 94.1 cm³/mol. The number of nitrogens with two attached hydrogens (primary N) is 1. The number of nitrogens with zero attached hydrogens (tertiary/aromatic N) is 2. The lowest BCUT2D eigenvalue weighted by molar-refractivity contribution is 0.767. The standard InChI is InChI=1S/C16H16BrN3S/c1-21-14-7-5-11(6-8-14)15-10-19-16(18)20(15)13-4-2-3-12(17)9-13/h2-9,15H,10H2,1H3,(H2,18,19). The molecule has 1 aliphatic rings. The molecule has 0 amide bonds. The van der Waals surface area contributed by atoms with Gasteiger partial charge >= 0.3 is 0 Å². The van der Waals surface area contributed by atoms with Gasteiger partial charge in [0.05, 0.1) is 12.6 Å². The molecule has 1 aliphatic heterocycles. The van der Waals surface area contributed by atoms with E-state index in [9.17, 15) is 0 Å². The molecule has 21 heavy (non-hydrogen) atoms. The van der Waals surface area contributed by atoms with Crippen molar-refractivity contribution < 1.29 is 0 Å². The summed E-state index contributed by atoms with van der Waals surface area (Å²) in [6.45, 7) is 0.691. The molecule has 1 heterocycles. The van der Waals surface area contributed by atoms with Crippen LogP contribution >= 0.6 is 27.7 Å². The minimum absolute atomic E-state index is 0.162. The van der Waals surface area contributed by atoms with Crippen molar-refractivity contribution >= 4 is 39.3 Å². The number of hydrogen-bond acceptors (Lipinski definition) is 4. The van der Waals surface area contributed by atoms with E-state index in [1.807, 2.05) is 12.1 Å². The molecular weight excluding hydrogens is 346 g/mol. The highest BCUT2D eigenvalue weighted by atomic mass is 79.9. The van der Waals surface area contributed by atoms with Crippen molar-refractivity contribution in [3.05, 3.63) is 58.6 Å². The smallest absolute Gasteiger partial charge is 0.196 e. The Labute approximate surface area is 137 Å². The van der Waals surface area contributed by atoms with E-state index in [1.54, 1.807) is 11.8 Å². The number of benzene rings is 2. The predicted octanol–water partition coefficient (Wildman–Crippen LogP) is 4.05. The van der Waals surface area contributed by atoms with E-state index in [2.05, 4.69) is 68.5 Å². The molecule has 0 fully saturated rings. The van der Waals surface area contributed by atoms with Crippen LogP contribution < -0.4 is 10.6 Å². The Morgan fingerprint density at radius 1 is 1.24 bits per heavy atom. The summed E-state index contributed by atoms with van der Waals surface area (Å²) in [7, 11) is 0. The van der Waals surface area contributed by atoms with Crippen molar-refractivity contribution in [3.8, 4) is 0 Å². The van der Waals surface area contributed by atoms with Crippen LogP contribution in [0.25, 0.3) is 0 Å². The third-order valence-electron chi connectivity index (χ3n) is 3.57. The molecular formula is C16H16BrN3S. The fourth-order valence-electron chi connectivity index (χ4n) is 2.52. The molecule has 2 N–H and O–H groups in total. The third kappa shape index (κ3) is 2.94. The highest BCUT2D eigenvalue weighted by Gasteiger charge is 2.28. The zero-order valence-corrected chi connectivity index (χ0v) is 14.1. The van der Waals surface area contributed by atoms with Gasteiger partial charge in [0.1, 0.15) is 0 Å². The van der Waals surface area contributed by atoms with Gasteiger partial charge < -0.3 is 10.6 Å². The number of halogens is 1. The fourth-order valence-corrected chi connectivity index (χ4v) is 3.31. The maximum Gasteiger partial charge on any atom is 0.196 e. The van der Waals surface area contributed by atoms with E-state index in [0.717, 1.165) is 10.2 Å². The van der Waals surface area contributed by atoms with Crippen LogP contribution in [-0.2, 0) is 0 Å². The summed E-state index contributed by atoms with van der Waals surface area (Å²) in [5, 5.41) is 0. The molecule has 0 bridgehead atoms. The van der Waals surface area contributed by atoms with Gasteiger partial charge in [0.25, 0.3) is 0 Å². The number of thioether (sulfide) groups is 1. The Morgan fingerprint density at radius 3 is 2.67 bits per heavy atom. The molecule has 0 saturated carbocycles. The Balaban J connectivity index is 1.94. The van der Waals surface area contributed by atoms with E-state index < -0.39 is 0 Å². The van der Waals surface area contributed by atoms with Crippen molar-refractivity contribution in [1.82, 2.24) is 0 Å². The largest absolute Gasteiger partial charge is 0.369 e. The van der Waals surface area contributed by atoms with Crippen LogP contribution in [0.3, 0.4) is 0 Å². The van der Waals surface area contributed by atoms with E-state index in [-0.39, 0.29) is 6.04 Å². The van der Waals surface area contributed by atoms with Crippen molar-refractivity contribution in [2.75, 3.05) is 17.7 Å². The van der Waals surface area contributed by atoms with E-state index in [0.29, 0.717) is 12.5 Å². The number of guanidine groups is 1. The van der Waals surface area contributed by atoms with E-state index >= 15 is 0 Å². The van der Waals surface area contributed by atoms with Crippen LogP contribution in [0.2, 0.25) is 0 Å². The Hall–Kier alpha value is -1.46. The van der Waals surface area contributed by atoms with E-state index in [1.165, 1.54) is 10.5 Å². The SMILES string of the molecule is CSc1ccc(C2CN=C(N)N2c2cccc(Br)c2)cc1. The van der Waals surface area contributed by atoms with Gasteiger partial charge in [0.15, 0.2) is 5.96 Å². The van der Waals surface area contributed by atoms with Crippen LogP contribution in [0.5, 0.6) is 0 Å². The average Bonchev–Trinajstić information content (AvgIpc) is 2.89. The van der Waals surface area contributed by atoms with Gasteiger partial charge in [-0.1, -0.05) is 34.1 Å². The minimum atomic E-state index is 0.162. The van der Waals surface area contributed by atoms with Crippen LogP contribution in [-0.4, -0.2) is 18.8 Å². The second kappa shape index (κ2) is 6.12. The van der Waals surface area contributed by atoms with Gasteiger partial charge in [0.2, 0.25) is 0 Å². The lowest BCUT2D eigenvalue weighted by Crippen LogP contribution is -2.36. The lowest BCUT2D eigenvalue weighted by Gasteiger charge is -2.27. The monoisotopic (exact) mass is 361 g/mol. The molecule has 2 aromatic carbocycles. The first kappa shape index (κ1) is 14.5. The van der Waals surface area contributed by atoms with Crippen LogP contribution in [0.4, 0.5) is 5.69 Å². The average molecular weight is 362 g/mol. The minimum Gasteiger partial charge on any atom is -0.369 e. The van der Waals surface area contributed by atoms with Gasteiger partial charge in [-0.2, -0.15) is 0 Å². The van der Waals surface area contributed by atoms with Gasteiger partial charge in [0, 0.05) is 15.1 Å². The van der Waals surface area contributed by atoms with Gasteiger partial charge in [-0.25, -0.2) is 0 Å². The molecule has 0 radical (unpaired) electrons. The van der Waals surface area contributed by atoms with Gasteiger partial charge in [-0.3, -0.25) is 4.99 Å². The second-order valence-corrected chi connectivity index (χ2v) is 6.63. The van der Waals surface area contributed by atoms with E-state index in [4.69, 9.17) is 5.73 Å². The third-order valence-corrected chi connectivity index (χ3v) is 4.81. The Bertz CT molecular complexity index is 669. The Morgan fingerprint density at radius 2 is 2.00 bits per heavy atom. The topological polar surface area (TPSA) is 41.6 Å². The lowest BCUT2D eigenvalue weighted by atomic mass is 10.1. The fraction of sp³-hybridized carbons (Fsp3) is 0.188. The normalized spacial score (nSPS) is 17.9. The summed E-state index contributed by atoms with van der Waals surface area (Å²) in [6.07, 6.45) is 2.08. The molecule has 0 aliphatic carbocycles. The first-order chi connectivity index (χ1) is 10.2. The zero-order valence-electron chi connectivity index (χ0n) is 11.7. The molecule has 0 aromatic heterocycles. The quantitative estimate of drug-likeness (QED) is 0.838. The molecule has 2 aromatic rings. The first-order valence-electron chi connectivity index (χ1n) is 6.67. The summed E-state index contributed by atoms with van der Waals surface area (Å²) in [5.74, 6) is 0.576. The first-order valence-corrected chi connectivity index (χ1v) is 8.69. The maximum absolute atomic E-state index is 6.10. The number of rotatable bonds is 3. The summed E-state index contributed by atoms with van der Waals surface area (Å²) in [6, 6.07) is 16.9. The van der Waals surface area contributed by atoms with Crippen LogP contribution in [0, 0.1) is 0 Å². The zero-order chi connectivity index (χ0) is 14.8. The molecule has 0 saturated heterocycles. The molecule has 1 unspecified atom stereocenters. The number of aliphatic imine (C=N–C) groups is 1. The highest BCUT2D eigenvalue weighted by Crippen LogP contribution is 2.33. The maximum atomic E-state index is 6.10. The highest BCUT2D eigenvalue weighted by molar-refractivity contribution is 9.10. The van der Waals surface area contributed by atoms with Crippen LogP contribution in [0.15, 0.2) is 62.9 Å². The molecule has 108 valence electrons. The second-order valence-electron chi connectivity index (χ2n) is 4.84. The van der Waals surface area contributed by atoms with Crippen LogP contribution in [0.1, 0.15) is 11.6 Å². The summed E-state index contributed by atoms with van der Waals surface area (Å²) >= 11 is 5.26. The molecule has 0 spiro atoms. The molecule has 1 atom stereocenters. The van der Waals surface area contributed by atoms with Gasteiger partial charge in [-0.15, -0.1) is 11.8 Å². The van der Waals surface area contributed by atoms with Crippen molar-refractivity contribution in [3.63, 3.8) is 0 Å². The summed E-state index contributed by atoms with van der Waals surface area (Å²) in [5.41, 5.74) is 8.39. The number of anilines is 1. The Kier molecular flexibility index (Phi) is 4.22. The van der Waals surface area contributed by atoms with Gasteiger partial charge in [-0.05, 0) is 42.2 Å².